The predicted molar refractivity (Wildman–Crippen MR) is 77.0 cm³/mol. The van der Waals surface area contributed by atoms with Gasteiger partial charge in [0, 0.05) is 11.3 Å². The Morgan fingerprint density at radius 2 is 1.71 bits per heavy atom. The Hall–Kier alpha value is -2.15. The molecule has 2 aromatic carbocycles. The Balaban J connectivity index is 2.43. The minimum Gasteiger partial charge on any atom is -0.389 e. The van der Waals surface area contributed by atoms with Gasteiger partial charge in [-0.2, -0.15) is 13.2 Å². The molecule has 0 saturated carbocycles. The van der Waals surface area contributed by atoms with E-state index in [0.717, 1.165) is 6.07 Å². The molecule has 0 aliphatic heterocycles. The molecule has 2 nitrogen and oxygen atoms in total. The SMILES string of the molecule is NC(=S)c1ccccc1Nc1cc(C(F)(F)F)ccc1F. The third-order valence-corrected chi connectivity index (χ3v) is 2.98. The molecule has 0 radical (unpaired) electrons. The minimum atomic E-state index is -4.55. The van der Waals surface area contributed by atoms with Crippen molar-refractivity contribution in [1.29, 1.82) is 0 Å². The molecular weight excluding hydrogens is 304 g/mol. The fourth-order valence-electron chi connectivity index (χ4n) is 1.75. The maximum absolute atomic E-state index is 13.7. The van der Waals surface area contributed by atoms with Crippen LogP contribution >= 0.6 is 12.2 Å². The molecule has 0 aromatic heterocycles. The number of thiocarbonyl (C=S) groups is 1. The van der Waals surface area contributed by atoms with E-state index in [-0.39, 0.29) is 10.7 Å². The summed E-state index contributed by atoms with van der Waals surface area (Å²) in [6, 6.07) is 8.59. The summed E-state index contributed by atoms with van der Waals surface area (Å²) < 4.78 is 51.6. The van der Waals surface area contributed by atoms with Crippen molar-refractivity contribution in [2.75, 3.05) is 5.32 Å². The van der Waals surface area contributed by atoms with Crippen LogP contribution in [0.25, 0.3) is 0 Å². The molecule has 0 bridgehead atoms. The normalized spacial score (nSPS) is 11.2. The molecule has 0 fully saturated rings. The highest BCUT2D eigenvalue weighted by molar-refractivity contribution is 7.80. The molecule has 2 rings (SSSR count). The summed E-state index contributed by atoms with van der Waals surface area (Å²) in [5, 5.41) is 2.59. The van der Waals surface area contributed by atoms with E-state index in [1.54, 1.807) is 24.3 Å². The number of benzene rings is 2. The first kappa shape index (κ1) is 15.2. The monoisotopic (exact) mass is 314 g/mol. The minimum absolute atomic E-state index is 0.0606. The number of nitrogens with two attached hydrogens (primary N) is 1. The Morgan fingerprint density at radius 1 is 1.05 bits per heavy atom. The Bertz CT molecular complexity index is 683. The van der Waals surface area contributed by atoms with Gasteiger partial charge in [-0.25, -0.2) is 4.39 Å². The third kappa shape index (κ3) is 3.49. The van der Waals surface area contributed by atoms with Crippen molar-refractivity contribution >= 4 is 28.6 Å². The maximum Gasteiger partial charge on any atom is 0.416 e. The molecule has 0 unspecified atom stereocenters. The second-order valence-corrected chi connectivity index (χ2v) is 4.67. The molecule has 7 heteroatoms. The number of halogens is 4. The van der Waals surface area contributed by atoms with Crippen LogP contribution < -0.4 is 11.1 Å². The molecule has 0 aliphatic rings. The van der Waals surface area contributed by atoms with Crippen LogP contribution in [-0.2, 0) is 6.18 Å². The highest BCUT2D eigenvalue weighted by atomic mass is 32.1. The van der Waals surface area contributed by atoms with E-state index < -0.39 is 17.6 Å². The standard InChI is InChI=1S/C14H10F4N2S/c15-10-6-5-8(14(16,17)18)7-12(10)20-11-4-2-1-3-9(11)13(19)21/h1-7,20H,(H2,19,21). The van der Waals surface area contributed by atoms with Gasteiger partial charge in [-0.15, -0.1) is 0 Å². The first-order valence-electron chi connectivity index (χ1n) is 5.81. The van der Waals surface area contributed by atoms with Crippen LogP contribution in [0.2, 0.25) is 0 Å². The van der Waals surface area contributed by atoms with Crippen molar-refractivity contribution in [2.24, 2.45) is 5.73 Å². The Kier molecular flexibility index (Phi) is 4.13. The second kappa shape index (κ2) is 5.69. The Morgan fingerprint density at radius 3 is 2.33 bits per heavy atom. The van der Waals surface area contributed by atoms with Gasteiger partial charge in [-0.05, 0) is 30.3 Å². The number of hydrogen-bond donors (Lipinski definition) is 2. The van der Waals surface area contributed by atoms with Crippen LogP contribution in [0.3, 0.4) is 0 Å². The summed E-state index contributed by atoms with van der Waals surface area (Å²) in [6.07, 6.45) is -4.55. The van der Waals surface area contributed by atoms with Gasteiger partial charge in [0.2, 0.25) is 0 Å². The van der Waals surface area contributed by atoms with Gasteiger partial charge in [-0.3, -0.25) is 0 Å². The fraction of sp³-hybridized carbons (Fsp3) is 0.0714. The lowest BCUT2D eigenvalue weighted by molar-refractivity contribution is -0.137. The van der Waals surface area contributed by atoms with Gasteiger partial charge in [0.05, 0.1) is 11.3 Å². The zero-order valence-electron chi connectivity index (χ0n) is 10.5. The van der Waals surface area contributed by atoms with Gasteiger partial charge in [-0.1, -0.05) is 24.4 Å². The van der Waals surface area contributed by atoms with Crippen LogP contribution in [0.15, 0.2) is 42.5 Å². The smallest absolute Gasteiger partial charge is 0.389 e. The predicted octanol–water partition coefficient (Wildman–Crippen LogP) is 4.22. The molecule has 21 heavy (non-hydrogen) atoms. The average molecular weight is 314 g/mol. The van der Waals surface area contributed by atoms with Gasteiger partial charge in [0.15, 0.2) is 0 Å². The summed E-state index contributed by atoms with van der Waals surface area (Å²) >= 11 is 4.85. The van der Waals surface area contributed by atoms with Gasteiger partial charge in [0.1, 0.15) is 10.8 Å². The molecule has 0 amide bonds. The molecule has 0 saturated heterocycles. The highest BCUT2D eigenvalue weighted by Crippen LogP contribution is 2.33. The third-order valence-electron chi connectivity index (χ3n) is 2.76. The largest absolute Gasteiger partial charge is 0.416 e. The first-order chi connectivity index (χ1) is 9.79. The zero-order chi connectivity index (χ0) is 15.6. The fourth-order valence-corrected chi connectivity index (χ4v) is 1.93. The molecule has 110 valence electrons. The topological polar surface area (TPSA) is 38.0 Å². The molecule has 2 aromatic rings. The molecular formula is C14H10F4N2S. The molecule has 0 aliphatic carbocycles. The number of para-hydroxylation sites is 1. The van der Waals surface area contributed by atoms with Crippen molar-refractivity contribution in [3.8, 4) is 0 Å². The molecule has 0 heterocycles. The van der Waals surface area contributed by atoms with Crippen LogP contribution in [0.1, 0.15) is 11.1 Å². The molecule has 0 spiro atoms. The average Bonchev–Trinajstić information content (AvgIpc) is 2.40. The number of hydrogen-bond acceptors (Lipinski definition) is 2. The summed E-state index contributed by atoms with van der Waals surface area (Å²) in [7, 11) is 0. The van der Waals surface area contributed by atoms with Gasteiger partial charge in [0.25, 0.3) is 0 Å². The van der Waals surface area contributed by atoms with E-state index >= 15 is 0 Å². The lowest BCUT2D eigenvalue weighted by Gasteiger charge is -2.14. The van der Waals surface area contributed by atoms with Crippen LogP contribution in [-0.4, -0.2) is 4.99 Å². The van der Waals surface area contributed by atoms with E-state index in [0.29, 0.717) is 23.4 Å². The summed E-state index contributed by atoms with van der Waals surface area (Å²) in [4.78, 5) is 0.0606. The lowest BCUT2D eigenvalue weighted by atomic mass is 10.1. The number of nitrogens with one attached hydrogen (secondary N) is 1. The first-order valence-corrected chi connectivity index (χ1v) is 6.22. The van der Waals surface area contributed by atoms with Crippen LogP contribution in [0.5, 0.6) is 0 Å². The van der Waals surface area contributed by atoms with Crippen molar-refractivity contribution in [1.82, 2.24) is 0 Å². The van der Waals surface area contributed by atoms with Crippen molar-refractivity contribution < 1.29 is 17.6 Å². The second-order valence-electron chi connectivity index (χ2n) is 4.23. The summed E-state index contributed by atoms with van der Waals surface area (Å²) in [6.45, 7) is 0. The number of rotatable bonds is 3. The van der Waals surface area contributed by atoms with Crippen LogP contribution in [0.4, 0.5) is 28.9 Å². The highest BCUT2D eigenvalue weighted by Gasteiger charge is 2.31. The van der Waals surface area contributed by atoms with E-state index in [2.05, 4.69) is 5.32 Å². The van der Waals surface area contributed by atoms with E-state index in [1.807, 2.05) is 0 Å². The van der Waals surface area contributed by atoms with E-state index in [1.165, 1.54) is 0 Å². The molecule has 3 N–H and O–H groups in total. The summed E-state index contributed by atoms with van der Waals surface area (Å²) in [5.41, 5.74) is 5.04. The van der Waals surface area contributed by atoms with Crippen LogP contribution in [0, 0.1) is 5.82 Å². The quantitative estimate of drug-likeness (QED) is 0.658. The van der Waals surface area contributed by atoms with Crippen molar-refractivity contribution in [3.05, 3.63) is 59.4 Å². The van der Waals surface area contributed by atoms with E-state index in [4.69, 9.17) is 18.0 Å². The van der Waals surface area contributed by atoms with Gasteiger partial charge < -0.3 is 11.1 Å². The van der Waals surface area contributed by atoms with Crippen molar-refractivity contribution in [3.63, 3.8) is 0 Å². The maximum atomic E-state index is 13.7. The molecule has 0 atom stereocenters. The van der Waals surface area contributed by atoms with Gasteiger partial charge >= 0.3 is 6.18 Å². The lowest BCUT2D eigenvalue weighted by Crippen LogP contribution is -2.12. The van der Waals surface area contributed by atoms with E-state index in [9.17, 15) is 17.6 Å². The summed E-state index contributed by atoms with van der Waals surface area (Å²) in [5.74, 6) is -0.805. The van der Waals surface area contributed by atoms with Crippen molar-refractivity contribution in [2.45, 2.75) is 6.18 Å². The number of alkyl halides is 3. The zero-order valence-corrected chi connectivity index (χ0v) is 11.4. The Labute approximate surface area is 123 Å². The number of anilines is 2.